The molecule has 10 heteroatoms. The highest BCUT2D eigenvalue weighted by Gasteiger charge is 2.27. The standard InChI is InChI=1S/C23H27N3O5S2/c1-5-8-16-10-9-15(13-24)20(25-16)32-12-11-17(27)26-21-18(22(28)30-6-2)14(4)19(33-21)23(29)31-7-3/h9-10H,5-8,11-12H2,1-4H3,(H,26,27). The van der Waals surface area contributed by atoms with Gasteiger partial charge in [-0.1, -0.05) is 13.3 Å². The van der Waals surface area contributed by atoms with E-state index in [9.17, 15) is 19.6 Å². The first kappa shape index (κ1) is 26.4. The van der Waals surface area contributed by atoms with Crippen molar-refractivity contribution in [3.8, 4) is 6.07 Å². The number of carbonyl (C=O) groups excluding carboxylic acids is 3. The summed E-state index contributed by atoms with van der Waals surface area (Å²) >= 11 is 2.32. The van der Waals surface area contributed by atoms with Gasteiger partial charge in [0.05, 0.1) is 24.3 Å². The summed E-state index contributed by atoms with van der Waals surface area (Å²) in [7, 11) is 0. The van der Waals surface area contributed by atoms with Gasteiger partial charge in [-0.25, -0.2) is 14.6 Å². The van der Waals surface area contributed by atoms with Crippen LogP contribution in [-0.2, 0) is 20.7 Å². The fourth-order valence-corrected chi connectivity index (χ4v) is 4.98. The highest BCUT2D eigenvalue weighted by atomic mass is 32.2. The molecule has 0 radical (unpaired) electrons. The number of thiophene rings is 1. The molecule has 2 aromatic rings. The van der Waals surface area contributed by atoms with Crippen molar-refractivity contribution in [1.29, 1.82) is 5.26 Å². The van der Waals surface area contributed by atoms with E-state index >= 15 is 0 Å². The molecule has 0 unspecified atom stereocenters. The number of nitrogens with zero attached hydrogens (tertiary/aromatic N) is 2. The van der Waals surface area contributed by atoms with E-state index < -0.39 is 11.9 Å². The van der Waals surface area contributed by atoms with Crippen molar-refractivity contribution in [1.82, 2.24) is 4.98 Å². The number of aromatic nitrogens is 1. The van der Waals surface area contributed by atoms with E-state index in [2.05, 4.69) is 23.3 Å². The number of pyridine rings is 1. The van der Waals surface area contributed by atoms with Crippen LogP contribution in [0, 0.1) is 18.3 Å². The Kier molecular flexibility index (Phi) is 10.4. The van der Waals surface area contributed by atoms with Gasteiger partial charge >= 0.3 is 11.9 Å². The zero-order valence-electron chi connectivity index (χ0n) is 19.1. The highest BCUT2D eigenvalue weighted by molar-refractivity contribution is 7.99. The van der Waals surface area contributed by atoms with Crippen LogP contribution in [0.15, 0.2) is 17.2 Å². The first-order chi connectivity index (χ1) is 15.9. The molecule has 0 aliphatic heterocycles. The molecule has 0 aliphatic carbocycles. The number of ether oxygens (including phenoxy) is 2. The van der Waals surface area contributed by atoms with Crippen LogP contribution in [0.2, 0.25) is 0 Å². The zero-order chi connectivity index (χ0) is 24.4. The van der Waals surface area contributed by atoms with Crippen LogP contribution in [-0.4, -0.2) is 41.8 Å². The van der Waals surface area contributed by atoms with Gasteiger partial charge in [0.2, 0.25) is 5.91 Å². The van der Waals surface area contributed by atoms with Gasteiger partial charge in [0.1, 0.15) is 21.0 Å². The zero-order valence-corrected chi connectivity index (χ0v) is 20.8. The Bertz CT molecular complexity index is 1060. The van der Waals surface area contributed by atoms with Gasteiger partial charge in [0.25, 0.3) is 0 Å². The quantitative estimate of drug-likeness (QED) is 0.355. The van der Waals surface area contributed by atoms with Crippen LogP contribution in [0.1, 0.15) is 70.5 Å². The first-order valence-electron chi connectivity index (χ1n) is 10.7. The van der Waals surface area contributed by atoms with Gasteiger partial charge in [-0.3, -0.25) is 4.79 Å². The number of nitriles is 1. The second-order valence-corrected chi connectivity index (χ2v) is 8.97. The number of amides is 1. The maximum absolute atomic E-state index is 12.6. The van der Waals surface area contributed by atoms with E-state index in [-0.39, 0.29) is 41.0 Å². The van der Waals surface area contributed by atoms with Crippen molar-refractivity contribution in [2.75, 3.05) is 24.3 Å². The van der Waals surface area contributed by atoms with Crippen LogP contribution in [0.3, 0.4) is 0 Å². The Morgan fingerprint density at radius 1 is 1.15 bits per heavy atom. The number of thioether (sulfide) groups is 1. The van der Waals surface area contributed by atoms with E-state index in [4.69, 9.17) is 9.47 Å². The molecule has 2 aromatic heterocycles. The van der Waals surface area contributed by atoms with E-state index in [1.807, 2.05) is 6.07 Å². The predicted octanol–water partition coefficient (Wildman–Crippen LogP) is 4.75. The lowest BCUT2D eigenvalue weighted by Crippen LogP contribution is -2.15. The highest BCUT2D eigenvalue weighted by Crippen LogP contribution is 2.34. The van der Waals surface area contributed by atoms with Crippen LogP contribution in [0.4, 0.5) is 5.00 Å². The predicted molar refractivity (Wildman–Crippen MR) is 128 cm³/mol. The molecule has 0 saturated carbocycles. The molecule has 0 bridgehead atoms. The largest absolute Gasteiger partial charge is 0.462 e. The molecule has 8 nitrogen and oxygen atoms in total. The van der Waals surface area contributed by atoms with E-state index in [0.717, 1.165) is 29.9 Å². The van der Waals surface area contributed by atoms with Crippen LogP contribution >= 0.6 is 23.1 Å². The van der Waals surface area contributed by atoms with Gasteiger partial charge in [0.15, 0.2) is 0 Å². The minimum Gasteiger partial charge on any atom is -0.462 e. The summed E-state index contributed by atoms with van der Waals surface area (Å²) in [6.07, 6.45) is 1.89. The Morgan fingerprint density at radius 3 is 2.48 bits per heavy atom. The Hall–Kier alpha value is -2.90. The molecule has 0 saturated heterocycles. The van der Waals surface area contributed by atoms with Gasteiger partial charge in [-0.15, -0.1) is 23.1 Å². The minimum atomic E-state index is -0.609. The molecule has 0 spiro atoms. The molecule has 1 N–H and O–H groups in total. The smallest absolute Gasteiger partial charge is 0.348 e. The SMILES string of the molecule is CCCc1ccc(C#N)c(SCCC(=O)Nc2sc(C(=O)OCC)c(C)c2C(=O)OCC)n1. The molecular weight excluding hydrogens is 462 g/mol. The summed E-state index contributed by atoms with van der Waals surface area (Å²) in [5.41, 5.74) is 1.95. The number of hydrogen-bond donors (Lipinski definition) is 1. The molecule has 1 amide bonds. The van der Waals surface area contributed by atoms with Crippen molar-refractivity contribution >= 4 is 45.9 Å². The van der Waals surface area contributed by atoms with E-state index in [1.165, 1.54) is 11.8 Å². The first-order valence-corrected chi connectivity index (χ1v) is 12.5. The summed E-state index contributed by atoms with van der Waals surface area (Å²) in [4.78, 5) is 42.1. The number of anilines is 1. The number of esters is 2. The minimum absolute atomic E-state index is 0.128. The van der Waals surface area contributed by atoms with Crippen LogP contribution in [0.5, 0.6) is 0 Å². The molecule has 0 aliphatic rings. The molecule has 2 rings (SSSR count). The summed E-state index contributed by atoms with van der Waals surface area (Å²) in [5.74, 6) is -1.09. The fourth-order valence-electron chi connectivity index (χ4n) is 2.94. The fraction of sp³-hybridized carbons (Fsp3) is 0.435. The Labute approximate surface area is 201 Å². The average Bonchev–Trinajstić information content (AvgIpc) is 3.10. The third-order valence-electron chi connectivity index (χ3n) is 4.45. The Balaban J connectivity index is 2.13. The summed E-state index contributed by atoms with van der Waals surface area (Å²) in [6.45, 7) is 7.42. The summed E-state index contributed by atoms with van der Waals surface area (Å²) in [5, 5.41) is 12.9. The Morgan fingerprint density at radius 2 is 1.85 bits per heavy atom. The van der Waals surface area contributed by atoms with Crippen LogP contribution < -0.4 is 5.32 Å². The monoisotopic (exact) mass is 489 g/mol. The lowest BCUT2D eigenvalue weighted by molar-refractivity contribution is -0.115. The van der Waals surface area contributed by atoms with Gasteiger partial charge in [-0.05, 0) is 44.9 Å². The normalized spacial score (nSPS) is 10.4. The molecule has 33 heavy (non-hydrogen) atoms. The number of hydrogen-bond acceptors (Lipinski definition) is 9. The van der Waals surface area contributed by atoms with E-state index in [0.29, 0.717) is 21.9 Å². The number of carbonyl (C=O) groups is 3. The summed E-state index contributed by atoms with van der Waals surface area (Å²) < 4.78 is 10.2. The lowest BCUT2D eigenvalue weighted by atomic mass is 10.1. The van der Waals surface area contributed by atoms with Crippen molar-refractivity contribution in [3.63, 3.8) is 0 Å². The third-order valence-corrected chi connectivity index (χ3v) is 6.63. The van der Waals surface area contributed by atoms with Crippen LogP contribution in [0.25, 0.3) is 0 Å². The molecule has 2 heterocycles. The lowest BCUT2D eigenvalue weighted by Gasteiger charge is -2.08. The van der Waals surface area contributed by atoms with Gasteiger partial charge in [-0.2, -0.15) is 5.26 Å². The van der Waals surface area contributed by atoms with Crippen molar-refractivity contribution in [3.05, 3.63) is 39.4 Å². The number of aryl methyl sites for hydroxylation is 1. The van der Waals surface area contributed by atoms with Gasteiger partial charge < -0.3 is 14.8 Å². The number of rotatable bonds is 11. The van der Waals surface area contributed by atoms with E-state index in [1.54, 1.807) is 26.8 Å². The van der Waals surface area contributed by atoms with Gasteiger partial charge in [0, 0.05) is 17.9 Å². The topological polar surface area (TPSA) is 118 Å². The van der Waals surface area contributed by atoms with Crippen molar-refractivity contribution in [2.45, 2.75) is 52.0 Å². The summed E-state index contributed by atoms with van der Waals surface area (Å²) in [6, 6.07) is 5.72. The maximum atomic E-state index is 12.6. The second kappa shape index (κ2) is 13.0. The van der Waals surface area contributed by atoms with Crippen molar-refractivity contribution < 1.29 is 23.9 Å². The molecular formula is C23H27N3O5S2. The molecule has 0 aromatic carbocycles. The number of nitrogens with one attached hydrogen (secondary N) is 1. The maximum Gasteiger partial charge on any atom is 0.348 e. The molecule has 0 fully saturated rings. The van der Waals surface area contributed by atoms with Crippen molar-refractivity contribution in [2.24, 2.45) is 0 Å². The average molecular weight is 490 g/mol. The molecule has 176 valence electrons. The third kappa shape index (κ3) is 7.04. The second-order valence-electron chi connectivity index (χ2n) is 6.86. The molecule has 0 atom stereocenters.